The maximum Gasteiger partial charge on any atom is 0.182 e. The summed E-state index contributed by atoms with van der Waals surface area (Å²) in [5.41, 5.74) is -0.426. The number of nitrogens with zero attached hydrogens (tertiary/aromatic N) is 1. The molecule has 0 heterocycles. The molecule has 0 amide bonds. The van der Waals surface area contributed by atoms with Crippen LogP contribution >= 0.6 is 0 Å². The standard InChI is InChI=1S/C15H21F2NO/c1-4-11(3)9-18(5-2)10-14(19)15-12(16)7-6-8-13(15)17/h6-8,11H,4-5,9-10H2,1-3H3. The monoisotopic (exact) mass is 269 g/mol. The first-order valence-corrected chi connectivity index (χ1v) is 6.69. The number of carbonyl (C=O) groups is 1. The maximum absolute atomic E-state index is 13.5. The van der Waals surface area contributed by atoms with E-state index in [9.17, 15) is 13.6 Å². The van der Waals surface area contributed by atoms with E-state index in [1.165, 1.54) is 6.07 Å². The predicted molar refractivity (Wildman–Crippen MR) is 72.3 cm³/mol. The number of rotatable bonds is 7. The highest BCUT2D eigenvalue weighted by Gasteiger charge is 2.19. The predicted octanol–water partition coefficient (Wildman–Crippen LogP) is 3.52. The van der Waals surface area contributed by atoms with Gasteiger partial charge in [-0.05, 0) is 24.6 Å². The summed E-state index contributed by atoms with van der Waals surface area (Å²) < 4.78 is 27.0. The van der Waals surface area contributed by atoms with Gasteiger partial charge >= 0.3 is 0 Å². The number of benzene rings is 1. The Balaban J connectivity index is 2.77. The van der Waals surface area contributed by atoms with Crippen LogP contribution in [0, 0.1) is 17.6 Å². The lowest BCUT2D eigenvalue weighted by molar-refractivity contribution is 0.0915. The molecule has 1 aromatic carbocycles. The van der Waals surface area contributed by atoms with E-state index < -0.39 is 23.0 Å². The van der Waals surface area contributed by atoms with Crippen molar-refractivity contribution < 1.29 is 13.6 Å². The van der Waals surface area contributed by atoms with Gasteiger partial charge in [0.25, 0.3) is 0 Å². The van der Waals surface area contributed by atoms with Gasteiger partial charge in [-0.3, -0.25) is 9.69 Å². The van der Waals surface area contributed by atoms with Crippen molar-refractivity contribution in [3.63, 3.8) is 0 Å². The summed E-state index contributed by atoms with van der Waals surface area (Å²) in [5, 5.41) is 0. The van der Waals surface area contributed by atoms with Crippen LogP contribution in [-0.2, 0) is 0 Å². The van der Waals surface area contributed by atoms with Crippen molar-refractivity contribution in [2.75, 3.05) is 19.6 Å². The molecule has 1 unspecified atom stereocenters. The summed E-state index contributed by atoms with van der Waals surface area (Å²) in [4.78, 5) is 13.9. The van der Waals surface area contributed by atoms with Gasteiger partial charge in [0, 0.05) is 6.54 Å². The van der Waals surface area contributed by atoms with Crippen molar-refractivity contribution in [3.8, 4) is 0 Å². The molecule has 0 aliphatic carbocycles. The normalized spacial score (nSPS) is 12.7. The maximum atomic E-state index is 13.5. The Bertz CT molecular complexity index is 414. The van der Waals surface area contributed by atoms with E-state index in [1.807, 2.05) is 11.8 Å². The van der Waals surface area contributed by atoms with Crippen molar-refractivity contribution in [2.45, 2.75) is 27.2 Å². The fourth-order valence-corrected chi connectivity index (χ4v) is 1.92. The molecule has 106 valence electrons. The minimum absolute atomic E-state index is 0.0543. The molecule has 0 fully saturated rings. The molecule has 0 saturated heterocycles. The average Bonchev–Trinajstić information content (AvgIpc) is 2.37. The van der Waals surface area contributed by atoms with Crippen LogP contribution in [0.4, 0.5) is 8.78 Å². The van der Waals surface area contributed by atoms with Gasteiger partial charge in [0.05, 0.1) is 12.1 Å². The van der Waals surface area contributed by atoms with Crippen LogP contribution < -0.4 is 0 Å². The van der Waals surface area contributed by atoms with E-state index in [0.717, 1.165) is 25.1 Å². The summed E-state index contributed by atoms with van der Waals surface area (Å²) in [7, 11) is 0. The van der Waals surface area contributed by atoms with E-state index in [2.05, 4.69) is 13.8 Å². The summed E-state index contributed by atoms with van der Waals surface area (Å²) in [5.74, 6) is -1.62. The molecule has 1 rings (SSSR count). The molecule has 0 bridgehead atoms. The van der Waals surface area contributed by atoms with Gasteiger partial charge in [0.15, 0.2) is 5.78 Å². The summed E-state index contributed by atoms with van der Waals surface area (Å²) in [6.45, 7) is 7.61. The molecular formula is C15H21F2NO. The molecule has 4 heteroatoms. The van der Waals surface area contributed by atoms with Crippen LogP contribution in [0.25, 0.3) is 0 Å². The molecule has 0 aliphatic rings. The highest BCUT2D eigenvalue weighted by molar-refractivity contribution is 5.98. The molecular weight excluding hydrogens is 248 g/mol. The number of hydrogen-bond acceptors (Lipinski definition) is 2. The zero-order chi connectivity index (χ0) is 14.4. The summed E-state index contributed by atoms with van der Waals surface area (Å²) in [6.07, 6.45) is 1.01. The van der Waals surface area contributed by atoms with E-state index in [-0.39, 0.29) is 6.54 Å². The number of ketones is 1. The van der Waals surface area contributed by atoms with Crippen molar-refractivity contribution in [1.29, 1.82) is 0 Å². The van der Waals surface area contributed by atoms with Crippen LogP contribution in [0.5, 0.6) is 0 Å². The minimum atomic E-state index is -0.787. The van der Waals surface area contributed by atoms with Crippen molar-refractivity contribution in [2.24, 2.45) is 5.92 Å². The molecule has 19 heavy (non-hydrogen) atoms. The van der Waals surface area contributed by atoms with Gasteiger partial charge in [-0.15, -0.1) is 0 Å². The third-order valence-electron chi connectivity index (χ3n) is 3.32. The lowest BCUT2D eigenvalue weighted by atomic mass is 10.1. The van der Waals surface area contributed by atoms with Crippen LogP contribution in [-0.4, -0.2) is 30.3 Å². The molecule has 1 aromatic rings. The Morgan fingerprint density at radius 2 is 1.84 bits per heavy atom. The highest BCUT2D eigenvalue weighted by atomic mass is 19.1. The minimum Gasteiger partial charge on any atom is -0.296 e. The molecule has 2 nitrogen and oxygen atoms in total. The zero-order valence-corrected chi connectivity index (χ0v) is 11.7. The van der Waals surface area contributed by atoms with Crippen LogP contribution in [0.15, 0.2) is 18.2 Å². The fourth-order valence-electron chi connectivity index (χ4n) is 1.92. The number of likely N-dealkylation sites (N-methyl/N-ethyl adjacent to an activating group) is 1. The second-order valence-electron chi connectivity index (χ2n) is 4.86. The lowest BCUT2D eigenvalue weighted by Crippen LogP contribution is -2.34. The lowest BCUT2D eigenvalue weighted by Gasteiger charge is -2.23. The molecule has 0 N–H and O–H groups in total. The van der Waals surface area contributed by atoms with Crippen LogP contribution in [0.1, 0.15) is 37.6 Å². The van der Waals surface area contributed by atoms with Gasteiger partial charge in [0.2, 0.25) is 0 Å². The Morgan fingerprint density at radius 1 is 1.26 bits per heavy atom. The van der Waals surface area contributed by atoms with Gasteiger partial charge < -0.3 is 0 Å². The molecule has 0 saturated carbocycles. The summed E-state index contributed by atoms with van der Waals surface area (Å²) >= 11 is 0. The SMILES string of the molecule is CCC(C)CN(CC)CC(=O)c1c(F)cccc1F. The fraction of sp³-hybridized carbons (Fsp3) is 0.533. The topological polar surface area (TPSA) is 20.3 Å². The highest BCUT2D eigenvalue weighted by Crippen LogP contribution is 2.14. The van der Waals surface area contributed by atoms with Gasteiger partial charge in [0.1, 0.15) is 11.6 Å². The Hall–Kier alpha value is -1.29. The first-order chi connectivity index (χ1) is 8.99. The van der Waals surface area contributed by atoms with Crippen LogP contribution in [0.3, 0.4) is 0 Å². The van der Waals surface area contributed by atoms with E-state index in [1.54, 1.807) is 0 Å². The molecule has 0 aliphatic heterocycles. The average molecular weight is 269 g/mol. The van der Waals surface area contributed by atoms with E-state index in [0.29, 0.717) is 12.5 Å². The second kappa shape index (κ2) is 7.34. The Labute approximate surface area is 113 Å². The third kappa shape index (κ3) is 4.39. The van der Waals surface area contributed by atoms with Gasteiger partial charge in [-0.2, -0.15) is 0 Å². The largest absolute Gasteiger partial charge is 0.296 e. The number of carbonyl (C=O) groups excluding carboxylic acids is 1. The van der Waals surface area contributed by atoms with Gasteiger partial charge in [-0.25, -0.2) is 8.78 Å². The first kappa shape index (κ1) is 15.8. The first-order valence-electron chi connectivity index (χ1n) is 6.69. The quantitative estimate of drug-likeness (QED) is 0.706. The molecule has 0 spiro atoms. The van der Waals surface area contributed by atoms with Crippen molar-refractivity contribution in [3.05, 3.63) is 35.4 Å². The Kier molecular flexibility index (Phi) is 6.09. The van der Waals surface area contributed by atoms with Crippen molar-refractivity contribution >= 4 is 5.78 Å². The van der Waals surface area contributed by atoms with Crippen molar-refractivity contribution in [1.82, 2.24) is 4.90 Å². The smallest absolute Gasteiger partial charge is 0.182 e. The van der Waals surface area contributed by atoms with E-state index in [4.69, 9.17) is 0 Å². The third-order valence-corrected chi connectivity index (χ3v) is 3.32. The second-order valence-corrected chi connectivity index (χ2v) is 4.86. The Morgan fingerprint density at radius 3 is 2.32 bits per heavy atom. The van der Waals surface area contributed by atoms with Gasteiger partial charge in [-0.1, -0.05) is 33.3 Å². The molecule has 0 aromatic heterocycles. The number of Topliss-reactive ketones (excluding diaryl/α,β-unsaturated/α-hetero) is 1. The molecule has 0 radical (unpaired) electrons. The molecule has 1 atom stereocenters. The summed E-state index contributed by atoms with van der Waals surface area (Å²) in [6, 6.07) is 3.49. The zero-order valence-electron chi connectivity index (χ0n) is 11.7. The number of halogens is 2. The van der Waals surface area contributed by atoms with E-state index >= 15 is 0 Å². The number of hydrogen-bond donors (Lipinski definition) is 0. The van der Waals surface area contributed by atoms with Crippen LogP contribution in [0.2, 0.25) is 0 Å².